The van der Waals surface area contributed by atoms with Gasteiger partial charge in [0, 0.05) is 59.6 Å². The molecule has 0 aliphatic heterocycles. The van der Waals surface area contributed by atoms with Crippen LogP contribution in [-0.2, 0) is 0 Å². The lowest BCUT2D eigenvalue weighted by molar-refractivity contribution is 1.14. The van der Waals surface area contributed by atoms with Crippen LogP contribution in [0.25, 0.3) is 93.6 Å². The molecule has 0 bridgehead atoms. The first-order valence-electron chi connectivity index (χ1n) is 17.9. The van der Waals surface area contributed by atoms with Gasteiger partial charge in [-0.1, -0.05) is 102 Å². The molecule has 52 heavy (non-hydrogen) atoms. The minimum atomic E-state index is 1.05. The molecule has 4 heteroatoms. The Morgan fingerprint density at radius 3 is 0.923 bits per heavy atom. The zero-order valence-corrected chi connectivity index (χ0v) is 30.7. The Kier molecular flexibility index (Phi) is 6.27. The maximum Gasteiger partial charge on any atom is 0.0541 e. The highest BCUT2D eigenvalue weighted by atomic mass is 28.1. The van der Waals surface area contributed by atoms with Crippen LogP contribution in [0.4, 0.5) is 0 Å². The molecule has 0 fully saturated rings. The number of rotatable bonds is 4. The predicted molar refractivity (Wildman–Crippen MR) is 224 cm³/mol. The molecule has 0 aliphatic rings. The van der Waals surface area contributed by atoms with Crippen molar-refractivity contribution in [3.8, 4) is 28.2 Å². The molecular formula is C48H33N3Si. The molecule has 0 saturated heterocycles. The summed E-state index contributed by atoms with van der Waals surface area (Å²) in [4.78, 5) is 0. The van der Waals surface area contributed by atoms with Crippen molar-refractivity contribution in [2.75, 3.05) is 0 Å². The number of para-hydroxylation sites is 4. The summed E-state index contributed by atoms with van der Waals surface area (Å²) in [6.07, 6.45) is 0. The van der Waals surface area contributed by atoms with E-state index in [-0.39, 0.29) is 0 Å². The predicted octanol–water partition coefficient (Wildman–Crippen LogP) is 10.6. The maximum absolute atomic E-state index is 2.41. The average Bonchev–Trinajstić information content (AvgIpc) is 3.84. The topological polar surface area (TPSA) is 14.8 Å². The fourth-order valence-electron chi connectivity index (χ4n) is 8.51. The number of fused-ring (bicyclic) bond motifs is 9. The first kappa shape index (κ1) is 29.1. The van der Waals surface area contributed by atoms with Gasteiger partial charge in [-0.3, -0.25) is 0 Å². The molecule has 0 unspecified atom stereocenters. The van der Waals surface area contributed by atoms with Crippen LogP contribution in [0.2, 0.25) is 0 Å². The van der Waals surface area contributed by atoms with Gasteiger partial charge in [0.2, 0.25) is 0 Å². The van der Waals surface area contributed by atoms with Gasteiger partial charge in [-0.05, 0) is 96.1 Å². The van der Waals surface area contributed by atoms with Gasteiger partial charge in [0.25, 0.3) is 0 Å². The van der Waals surface area contributed by atoms with Gasteiger partial charge in [0.05, 0.1) is 33.1 Å². The highest BCUT2D eigenvalue weighted by Gasteiger charge is 2.17. The minimum absolute atomic E-state index is 1.05. The first-order valence-corrected chi connectivity index (χ1v) is 18.9. The van der Waals surface area contributed by atoms with Crippen molar-refractivity contribution >= 4 is 80.8 Å². The fraction of sp³-hybridized carbons (Fsp3) is 0. The summed E-state index contributed by atoms with van der Waals surface area (Å²) in [5.74, 6) is 0. The van der Waals surface area contributed by atoms with Crippen LogP contribution in [0.15, 0.2) is 182 Å². The second-order valence-corrected chi connectivity index (χ2v) is 15.0. The van der Waals surface area contributed by atoms with E-state index in [0.29, 0.717) is 0 Å². The average molecular weight is 680 g/mol. The van der Waals surface area contributed by atoms with E-state index < -0.39 is 0 Å². The summed E-state index contributed by atoms with van der Waals surface area (Å²) in [7, 11) is 1.05. The Morgan fingerprint density at radius 2 is 0.558 bits per heavy atom. The minimum Gasteiger partial charge on any atom is -0.309 e. The van der Waals surface area contributed by atoms with Crippen LogP contribution in [0.5, 0.6) is 0 Å². The molecule has 0 amide bonds. The standard InChI is InChI=1S/C48H33N3Si/c52-36-25-23-35(24-26-36)51-46-16-8-4-12-40(46)42-30-32(18-28-48(42)51)31-17-27-47-41(29-31)39-11-3-7-15-45(39)50(47)34-21-19-33(20-22-34)49-43-13-5-1-9-37(43)38-10-2-6-14-44(38)49/h1-30H,52H3. The van der Waals surface area contributed by atoms with Crippen LogP contribution in [-0.4, -0.2) is 23.9 Å². The first-order chi connectivity index (χ1) is 25.7. The summed E-state index contributed by atoms with van der Waals surface area (Å²) in [6, 6.07) is 66.9. The molecule has 0 atom stereocenters. The molecule has 3 nitrogen and oxygen atoms in total. The molecule has 244 valence electrons. The lowest BCUT2D eigenvalue weighted by atomic mass is 10.0. The maximum atomic E-state index is 2.41. The van der Waals surface area contributed by atoms with Gasteiger partial charge in [-0.25, -0.2) is 0 Å². The Labute approximate surface area is 303 Å². The van der Waals surface area contributed by atoms with Crippen LogP contribution in [0.3, 0.4) is 0 Å². The summed E-state index contributed by atoms with van der Waals surface area (Å²) >= 11 is 0. The van der Waals surface area contributed by atoms with Crippen LogP contribution < -0.4 is 5.19 Å². The van der Waals surface area contributed by atoms with Crippen LogP contribution in [0, 0.1) is 0 Å². The molecule has 11 rings (SSSR count). The van der Waals surface area contributed by atoms with Gasteiger partial charge in [0.15, 0.2) is 0 Å². The second-order valence-electron chi connectivity index (χ2n) is 13.9. The van der Waals surface area contributed by atoms with Crippen molar-refractivity contribution in [3.63, 3.8) is 0 Å². The SMILES string of the molecule is [SiH3]c1ccc(-n2c3ccccc3c3cc(-c4ccc5c(c4)c4ccccc4n5-c4ccc(-n5c6ccccc6c6ccccc65)cc4)ccc32)cc1. The summed E-state index contributed by atoms with van der Waals surface area (Å²) < 4.78 is 7.19. The van der Waals surface area contributed by atoms with Crippen molar-refractivity contribution in [1.82, 2.24) is 13.7 Å². The Morgan fingerprint density at radius 1 is 0.269 bits per heavy atom. The second kappa shape index (κ2) is 11.2. The zero-order valence-electron chi connectivity index (χ0n) is 28.7. The van der Waals surface area contributed by atoms with E-state index in [2.05, 4.69) is 196 Å². The summed E-state index contributed by atoms with van der Waals surface area (Å²) in [5, 5.41) is 9.01. The highest BCUT2D eigenvalue weighted by molar-refractivity contribution is 6.32. The molecular weight excluding hydrogens is 647 g/mol. The van der Waals surface area contributed by atoms with E-state index >= 15 is 0 Å². The van der Waals surface area contributed by atoms with Gasteiger partial charge >= 0.3 is 0 Å². The molecule has 3 aromatic heterocycles. The third kappa shape index (κ3) is 4.25. The quantitative estimate of drug-likeness (QED) is 0.165. The monoisotopic (exact) mass is 679 g/mol. The van der Waals surface area contributed by atoms with Crippen molar-refractivity contribution < 1.29 is 0 Å². The zero-order chi connectivity index (χ0) is 34.3. The number of benzene rings is 8. The molecule has 8 aromatic carbocycles. The number of hydrogen-bond acceptors (Lipinski definition) is 0. The Bertz CT molecular complexity index is 3120. The molecule has 11 aromatic rings. The lowest BCUT2D eigenvalue weighted by Gasteiger charge is -2.12. The van der Waals surface area contributed by atoms with E-state index in [4.69, 9.17) is 0 Å². The summed E-state index contributed by atoms with van der Waals surface area (Å²) in [5.41, 5.74) is 13.3. The van der Waals surface area contributed by atoms with Crippen molar-refractivity contribution in [1.29, 1.82) is 0 Å². The van der Waals surface area contributed by atoms with Crippen LogP contribution in [0.1, 0.15) is 0 Å². The fourth-order valence-corrected chi connectivity index (χ4v) is 8.84. The van der Waals surface area contributed by atoms with Gasteiger partial charge in [-0.15, -0.1) is 0 Å². The lowest BCUT2D eigenvalue weighted by Crippen LogP contribution is -2.02. The van der Waals surface area contributed by atoms with E-state index in [1.807, 2.05) is 0 Å². The Balaban J connectivity index is 1.05. The van der Waals surface area contributed by atoms with E-state index in [0.717, 1.165) is 21.6 Å². The Hall–Kier alpha value is -6.62. The molecule has 3 heterocycles. The number of hydrogen-bond donors (Lipinski definition) is 0. The van der Waals surface area contributed by atoms with Crippen LogP contribution >= 0.6 is 0 Å². The van der Waals surface area contributed by atoms with Crippen molar-refractivity contribution in [2.24, 2.45) is 0 Å². The normalized spacial score (nSPS) is 12.0. The molecule has 0 aliphatic carbocycles. The highest BCUT2D eigenvalue weighted by Crippen LogP contribution is 2.39. The third-order valence-electron chi connectivity index (χ3n) is 10.9. The summed E-state index contributed by atoms with van der Waals surface area (Å²) in [6.45, 7) is 0. The van der Waals surface area contributed by atoms with Crippen molar-refractivity contribution in [3.05, 3.63) is 182 Å². The number of nitrogens with zero attached hydrogens (tertiary/aromatic N) is 3. The van der Waals surface area contributed by atoms with E-state index in [1.165, 1.54) is 87.4 Å². The molecule has 0 spiro atoms. The van der Waals surface area contributed by atoms with E-state index in [9.17, 15) is 0 Å². The smallest absolute Gasteiger partial charge is 0.0541 e. The van der Waals surface area contributed by atoms with Gasteiger partial charge in [-0.2, -0.15) is 0 Å². The number of aromatic nitrogens is 3. The third-order valence-corrected chi connectivity index (χ3v) is 11.6. The molecule has 0 radical (unpaired) electrons. The van der Waals surface area contributed by atoms with Gasteiger partial charge in [0.1, 0.15) is 0 Å². The van der Waals surface area contributed by atoms with E-state index in [1.54, 1.807) is 0 Å². The molecule has 0 N–H and O–H groups in total. The molecule has 0 saturated carbocycles. The van der Waals surface area contributed by atoms with Gasteiger partial charge < -0.3 is 13.7 Å². The van der Waals surface area contributed by atoms with Crippen molar-refractivity contribution in [2.45, 2.75) is 0 Å². The largest absolute Gasteiger partial charge is 0.309 e.